The van der Waals surface area contributed by atoms with Crippen molar-refractivity contribution < 1.29 is 9.53 Å². The lowest BCUT2D eigenvalue weighted by Gasteiger charge is -2.33. The lowest BCUT2D eigenvalue weighted by atomic mass is 9.83. The van der Waals surface area contributed by atoms with Crippen LogP contribution < -0.4 is 11.5 Å². The van der Waals surface area contributed by atoms with E-state index in [0.29, 0.717) is 23.8 Å². The lowest BCUT2D eigenvalue weighted by molar-refractivity contribution is 0.0575. The summed E-state index contributed by atoms with van der Waals surface area (Å²) >= 11 is 6.11. The molecule has 0 radical (unpaired) electrons. The molecule has 4 N–H and O–H groups in total. The van der Waals surface area contributed by atoms with Gasteiger partial charge in [0.15, 0.2) is 0 Å². The molecule has 0 unspecified atom stereocenters. The molecular weight excluding hydrogens is 276 g/mol. The van der Waals surface area contributed by atoms with E-state index >= 15 is 0 Å². The van der Waals surface area contributed by atoms with Gasteiger partial charge in [0.2, 0.25) is 5.91 Å². The Morgan fingerprint density at radius 2 is 2.00 bits per heavy atom. The van der Waals surface area contributed by atoms with Gasteiger partial charge in [-0.15, -0.1) is 0 Å². The number of carbonyl (C=O) groups is 1. The van der Waals surface area contributed by atoms with Crippen molar-refractivity contribution in [3.05, 3.63) is 34.3 Å². The van der Waals surface area contributed by atoms with Crippen molar-refractivity contribution in [1.82, 2.24) is 0 Å². The van der Waals surface area contributed by atoms with Gasteiger partial charge in [0.05, 0.1) is 13.2 Å². The van der Waals surface area contributed by atoms with Gasteiger partial charge in [-0.2, -0.15) is 0 Å². The topological polar surface area (TPSA) is 78.3 Å². The summed E-state index contributed by atoms with van der Waals surface area (Å²) in [5.41, 5.74) is 12.6. The van der Waals surface area contributed by atoms with E-state index in [1.54, 1.807) is 18.2 Å². The van der Waals surface area contributed by atoms with Crippen molar-refractivity contribution in [1.29, 1.82) is 0 Å². The Labute approximate surface area is 124 Å². The molecule has 110 valence electrons. The summed E-state index contributed by atoms with van der Waals surface area (Å²) in [6, 6.07) is 5.00. The maximum atomic E-state index is 11.0. The second kappa shape index (κ2) is 6.57. The first-order valence-electron chi connectivity index (χ1n) is 6.95. The number of carbonyl (C=O) groups excluding carboxylic acids is 1. The molecule has 1 amide bonds. The first kappa shape index (κ1) is 15.3. The Bertz CT molecular complexity index is 485. The maximum Gasteiger partial charge on any atom is 0.248 e. The van der Waals surface area contributed by atoms with E-state index in [1.165, 1.54) is 19.3 Å². The molecule has 0 aliphatic heterocycles. The molecule has 1 aromatic rings. The third-order valence-electron chi connectivity index (χ3n) is 3.83. The van der Waals surface area contributed by atoms with E-state index in [-0.39, 0.29) is 5.54 Å². The molecule has 0 bridgehead atoms. The highest BCUT2D eigenvalue weighted by molar-refractivity contribution is 6.31. The molecule has 0 spiro atoms. The van der Waals surface area contributed by atoms with E-state index in [4.69, 9.17) is 27.8 Å². The SMILES string of the molecule is NC(=O)c1ccc(COCC2(N)CCCCC2)c(Cl)c1. The van der Waals surface area contributed by atoms with Gasteiger partial charge in [-0.25, -0.2) is 0 Å². The van der Waals surface area contributed by atoms with Crippen molar-refractivity contribution in [2.45, 2.75) is 44.2 Å². The largest absolute Gasteiger partial charge is 0.375 e. The Morgan fingerprint density at radius 1 is 1.30 bits per heavy atom. The van der Waals surface area contributed by atoms with Gasteiger partial charge in [-0.05, 0) is 30.5 Å². The Balaban J connectivity index is 1.89. The highest BCUT2D eigenvalue weighted by Crippen LogP contribution is 2.27. The number of ether oxygens (including phenoxy) is 1. The van der Waals surface area contributed by atoms with Gasteiger partial charge in [0.1, 0.15) is 0 Å². The molecule has 0 saturated heterocycles. The zero-order valence-electron chi connectivity index (χ0n) is 11.5. The molecule has 1 aromatic carbocycles. The smallest absolute Gasteiger partial charge is 0.248 e. The van der Waals surface area contributed by atoms with Crippen molar-refractivity contribution in [3.8, 4) is 0 Å². The van der Waals surface area contributed by atoms with Crippen LogP contribution in [-0.4, -0.2) is 18.1 Å². The monoisotopic (exact) mass is 296 g/mol. The fourth-order valence-corrected chi connectivity index (χ4v) is 2.82. The predicted molar refractivity (Wildman–Crippen MR) is 79.6 cm³/mol. The zero-order valence-corrected chi connectivity index (χ0v) is 12.3. The molecule has 0 atom stereocenters. The number of amides is 1. The first-order valence-corrected chi connectivity index (χ1v) is 7.33. The van der Waals surface area contributed by atoms with Crippen LogP contribution in [0.15, 0.2) is 18.2 Å². The fraction of sp³-hybridized carbons (Fsp3) is 0.533. The highest BCUT2D eigenvalue weighted by Gasteiger charge is 2.27. The predicted octanol–water partition coefficient (Wildman–Crippen LogP) is 2.62. The molecule has 4 nitrogen and oxygen atoms in total. The quantitative estimate of drug-likeness (QED) is 0.876. The zero-order chi connectivity index (χ0) is 14.6. The molecule has 1 aliphatic rings. The van der Waals surface area contributed by atoms with Gasteiger partial charge in [0.25, 0.3) is 0 Å². The molecule has 5 heteroatoms. The molecule has 0 heterocycles. The van der Waals surface area contributed by atoms with Crippen molar-refractivity contribution >= 4 is 17.5 Å². The van der Waals surface area contributed by atoms with Crippen molar-refractivity contribution in [3.63, 3.8) is 0 Å². The second-order valence-electron chi connectivity index (χ2n) is 5.59. The van der Waals surface area contributed by atoms with E-state index in [9.17, 15) is 4.79 Å². The van der Waals surface area contributed by atoms with Crippen LogP contribution in [0.5, 0.6) is 0 Å². The Hall–Kier alpha value is -1.10. The minimum Gasteiger partial charge on any atom is -0.375 e. The van der Waals surface area contributed by atoms with E-state index in [2.05, 4.69) is 0 Å². The van der Waals surface area contributed by atoms with Crippen molar-refractivity contribution in [2.24, 2.45) is 11.5 Å². The normalized spacial score (nSPS) is 17.9. The fourth-order valence-electron chi connectivity index (χ4n) is 2.58. The average molecular weight is 297 g/mol. The standard InChI is InChI=1S/C15H21ClN2O2/c16-13-8-11(14(17)19)4-5-12(13)9-20-10-15(18)6-2-1-3-7-15/h4-5,8H,1-3,6-7,9-10,18H2,(H2,17,19). The van der Waals surface area contributed by atoms with Crippen molar-refractivity contribution in [2.75, 3.05) is 6.61 Å². The number of hydrogen-bond acceptors (Lipinski definition) is 3. The van der Waals surface area contributed by atoms with Crippen LogP contribution in [0.3, 0.4) is 0 Å². The molecule has 1 fully saturated rings. The van der Waals surface area contributed by atoms with Gasteiger partial charge in [-0.3, -0.25) is 4.79 Å². The minimum absolute atomic E-state index is 0.197. The minimum atomic E-state index is -0.484. The van der Waals surface area contributed by atoms with Crippen LogP contribution in [0.4, 0.5) is 0 Å². The third kappa shape index (κ3) is 3.95. The summed E-state index contributed by atoms with van der Waals surface area (Å²) < 4.78 is 5.72. The third-order valence-corrected chi connectivity index (χ3v) is 4.19. The Morgan fingerprint density at radius 3 is 2.60 bits per heavy atom. The van der Waals surface area contributed by atoms with Crippen LogP contribution in [0.1, 0.15) is 48.0 Å². The van der Waals surface area contributed by atoms with Crippen LogP contribution in [-0.2, 0) is 11.3 Å². The van der Waals surface area contributed by atoms with Gasteiger partial charge >= 0.3 is 0 Å². The van der Waals surface area contributed by atoms with Gasteiger partial charge < -0.3 is 16.2 Å². The number of halogens is 1. The Kier molecular flexibility index (Phi) is 5.02. The maximum absolute atomic E-state index is 11.0. The van der Waals surface area contributed by atoms with E-state index in [1.807, 2.05) is 0 Å². The highest BCUT2D eigenvalue weighted by atomic mass is 35.5. The summed E-state index contributed by atoms with van der Waals surface area (Å²) in [6.45, 7) is 0.942. The summed E-state index contributed by atoms with van der Waals surface area (Å²) in [7, 11) is 0. The lowest BCUT2D eigenvalue weighted by Crippen LogP contribution is -2.46. The average Bonchev–Trinajstić information content (AvgIpc) is 2.41. The van der Waals surface area contributed by atoms with E-state index < -0.39 is 5.91 Å². The number of nitrogens with two attached hydrogens (primary N) is 2. The molecule has 2 rings (SSSR count). The van der Waals surface area contributed by atoms with Gasteiger partial charge in [-0.1, -0.05) is 36.9 Å². The first-order chi connectivity index (χ1) is 9.50. The molecular formula is C15H21ClN2O2. The molecule has 1 aliphatic carbocycles. The van der Waals surface area contributed by atoms with Crippen LogP contribution in [0.25, 0.3) is 0 Å². The van der Waals surface area contributed by atoms with Gasteiger partial charge in [0, 0.05) is 16.1 Å². The number of hydrogen-bond donors (Lipinski definition) is 2. The summed E-state index contributed by atoms with van der Waals surface area (Å²) in [5.74, 6) is -0.484. The summed E-state index contributed by atoms with van der Waals surface area (Å²) in [6.07, 6.45) is 5.64. The van der Waals surface area contributed by atoms with Crippen LogP contribution in [0, 0.1) is 0 Å². The number of rotatable bonds is 5. The summed E-state index contributed by atoms with van der Waals surface area (Å²) in [4.78, 5) is 11.0. The van der Waals surface area contributed by atoms with Crippen LogP contribution in [0.2, 0.25) is 5.02 Å². The van der Waals surface area contributed by atoms with Crippen LogP contribution >= 0.6 is 11.6 Å². The molecule has 20 heavy (non-hydrogen) atoms. The second-order valence-corrected chi connectivity index (χ2v) is 5.99. The number of benzene rings is 1. The summed E-state index contributed by atoms with van der Waals surface area (Å²) in [5, 5.41) is 0.496. The molecule has 1 saturated carbocycles. The van der Waals surface area contributed by atoms with E-state index in [0.717, 1.165) is 18.4 Å². The number of primary amides is 1. The molecule has 0 aromatic heterocycles.